The number of benzene rings is 2. The molecule has 0 aliphatic heterocycles. The number of anilines is 1. The number of hydrogen-bond donors (Lipinski definition) is 2. The number of hydrogen-bond acceptors (Lipinski definition) is 4. The molecule has 1 unspecified atom stereocenters. The van der Waals surface area contributed by atoms with Gasteiger partial charge < -0.3 is 4.72 Å². The van der Waals surface area contributed by atoms with Gasteiger partial charge in [0.1, 0.15) is 10.0 Å². The van der Waals surface area contributed by atoms with Crippen molar-refractivity contribution in [3.05, 3.63) is 59.5 Å². The minimum absolute atomic E-state index is 0.363. The highest BCUT2D eigenvalue weighted by Crippen LogP contribution is 2.38. The van der Waals surface area contributed by atoms with E-state index in [1.165, 1.54) is 14.8 Å². The zero-order valence-corrected chi connectivity index (χ0v) is 18.0. The highest BCUT2D eigenvalue weighted by molar-refractivity contribution is 7.86. The summed E-state index contributed by atoms with van der Waals surface area (Å²) in [6.07, 6.45) is 1.77. The summed E-state index contributed by atoms with van der Waals surface area (Å²) in [7, 11) is 0.190. The molecular formula is C20H16ClN5OS2. The standard InChI is InChI=1S/C20H16ClN5OS2/c1-11-19(20(21)26(2)24-11)29(27)25-14-7-13-10-22-23-18(13)15(9-14)17-8-12-5-3-4-6-16(12)28-17/h3-10,25H,1-2H3,(H,22,23). The fourth-order valence-electron chi connectivity index (χ4n) is 3.40. The monoisotopic (exact) mass is 441 g/mol. The van der Waals surface area contributed by atoms with E-state index in [1.54, 1.807) is 31.5 Å². The molecule has 3 aromatic heterocycles. The van der Waals surface area contributed by atoms with Gasteiger partial charge in [-0.25, -0.2) is 4.21 Å². The number of aromatic nitrogens is 4. The fraction of sp³-hybridized carbons (Fsp3) is 0.100. The zero-order valence-electron chi connectivity index (χ0n) is 15.6. The predicted octanol–water partition coefficient (Wildman–Crippen LogP) is 5.27. The van der Waals surface area contributed by atoms with Crippen LogP contribution in [0.4, 0.5) is 5.69 Å². The van der Waals surface area contributed by atoms with Crippen LogP contribution >= 0.6 is 22.9 Å². The number of aryl methyl sites for hydroxylation is 2. The van der Waals surface area contributed by atoms with Gasteiger partial charge in [-0.3, -0.25) is 9.78 Å². The summed E-state index contributed by atoms with van der Waals surface area (Å²) < 4.78 is 18.8. The molecule has 2 N–H and O–H groups in total. The lowest BCUT2D eigenvalue weighted by molar-refractivity contribution is 0.686. The van der Waals surface area contributed by atoms with Gasteiger partial charge in [0.2, 0.25) is 0 Å². The second-order valence-corrected chi connectivity index (χ2v) is 9.30. The van der Waals surface area contributed by atoms with Crippen LogP contribution in [0.3, 0.4) is 0 Å². The minimum atomic E-state index is -1.54. The fourth-order valence-corrected chi connectivity index (χ4v) is 5.90. The summed E-state index contributed by atoms with van der Waals surface area (Å²) in [5.41, 5.74) is 3.32. The molecule has 0 spiro atoms. The number of halogens is 1. The molecule has 0 saturated carbocycles. The third-order valence-corrected chi connectivity index (χ3v) is 7.71. The molecule has 0 aliphatic carbocycles. The van der Waals surface area contributed by atoms with E-state index in [1.807, 2.05) is 24.3 Å². The third-order valence-electron chi connectivity index (χ3n) is 4.74. The van der Waals surface area contributed by atoms with E-state index >= 15 is 0 Å². The molecular weight excluding hydrogens is 426 g/mol. The Kier molecular flexibility index (Phi) is 4.42. The van der Waals surface area contributed by atoms with Crippen molar-refractivity contribution in [1.29, 1.82) is 0 Å². The van der Waals surface area contributed by atoms with Gasteiger partial charge in [0.05, 0.1) is 17.4 Å². The van der Waals surface area contributed by atoms with Crippen LogP contribution in [0.25, 0.3) is 31.4 Å². The molecule has 5 rings (SSSR count). The first-order valence-corrected chi connectivity index (χ1v) is 11.2. The number of nitrogens with zero attached hydrogens (tertiary/aromatic N) is 3. The Morgan fingerprint density at radius 2 is 2.03 bits per heavy atom. The Morgan fingerprint density at radius 1 is 1.21 bits per heavy atom. The summed E-state index contributed by atoms with van der Waals surface area (Å²) in [4.78, 5) is 1.61. The second kappa shape index (κ2) is 6.98. The Morgan fingerprint density at radius 3 is 2.79 bits per heavy atom. The van der Waals surface area contributed by atoms with Gasteiger partial charge in [-0.1, -0.05) is 29.8 Å². The van der Waals surface area contributed by atoms with Crippen molar-refractivity contribution in [1.82, 2.24) is 20.0 Å². The quantitative estimate of drug-likeness (QED) is 0.398. The molecule has 0 amide bonds. The van der Waals surface area contributed by atoms with Crippen molar-refractivity contribution >= 4 is 60.6 Å². The van der Waals surface area contributed by atoms with Gasteiger partial charge >= 0.3 is 0 Å². The molecule has 0 radical (unpaired) electrons. The van der Waals surface area contributed by atoms with Crippen LogP contribution in [0, 0.1) is 6.92 Å². The van der Waals surface area contributed by atoms with Gasteiger partial charge in [-0.05, 0) is 36.6 Å². The van der Waals surface area contributed by atoms with Gasteiger partial charge in [-0.2, -0.15) is 10.2 Å². The van der Waals surface area contributed by atoms with E-state index in [2.05, 4.69) is 38.2 Å². The Hall–Kier alpha value is -2.68. The average Bonchev–Trinajstić information content (AvgIpc) is 3.38. The minimum Gasteiger partial charge on any atom is -0.301 e. The number of rotatable bonds is 4. The molecule has 1 atom stereocenters. The molecule has 5 aromatic rings. The van der Waals surface area contributed by atoms with E-state index in [9.17, 15) is 4.21 Å². The van der Waals surface area contributed by atoms with E-state index in [-0.39, 0.29) is 0 Å². The Bertz CT molecular complexity index is 1370. The normalized spacial score (nSPS) is 12.7. The van der Waals surface area contributed by atoms with Crippen molar-refractivity contribution in [2.75, 3.05) is 4.72 Å². The maximum atomic E-state index is 13.0. The van der Waals surface area contributed by atoms with Crippen LogP contribution in [0.1, 0.15) is 5.69 Å². The summed E-state index contributed by atoms with van der Waals surface area (Å²) in [6.45, 7) is 1.79. The molecule has 29 heavy (non-hydrogen) atoms. The number of nitrogens with one attached hydrogen (secondary N) is 2. The van der Waals surface area contributed by atoms with Gasteiger partial charge in [0.25, 0.3) is 0 Å². The van der Waals surface area contributed by atoms with E-state index in [0.29, 0.717) is 15.7 Å². The Balaban J connectivity index is 1.60. The lowest BCUT2D eigenvalue weighted by Crippen LogP contribution is -2.06. The van der Waals surface area contributed by atoms with Crippen molar-refractivity contribution in [2.24, 2.45) is 7.05 Å². The molecule has 0 aliphatic rings. The van der Waals surface area contributed by atoms with Gasteiger partial charge in [0, 0.05) is 33.3 Å². The summed E-state index contributed by atoms with van der Waals surface area (Å²) >= 11 is 7.99. The number of fused-ring (bicyclic) bond motifs is 2. The van der Waals surface area contributed by atoms with Crippen LogP contribution in [0.2, 0.25) is 5.15 Å². The molecule has 146 valence electrons. The molecule has 2 aromatic carbocycles. The average molecular weight is 442 g/mol. The Labute approximate surface area is 178 Å². The largest absolute Gasteiger partial charge is 0.301 e. The molecule has 3 heterocycles. The summed E-state index contributed by atoms with van der Waals surface area (Å²) in [5, 5.41) is 14.0. The molecule has 0 fully saturated rings. The zero-order chi connectivity index (χ0) is 20.1. The van der Waals surface area contributed by atoms with Crippen molar-refractivity contribution in [3.8, 4) is 10.4 Å². The lowest BCUT2D eigenvalue weighted by atomic mass is 10.1. The van der Waals surface area contributed by atoms with Crippen LogP contribution in [-0.2, 0) is 18.0 Å². The first-order chi connectivity index (χ1) is 14.0. The highest BCUT2D eigenvalue weighted by Gasteiger charge is 2.19. The highest BCUT2D eigenvalue weighted by atomic mass is 35.5. The molecule has 9 heteroatoms. The number of H-pyrrole nitrogens is 1. The topological polar surface area (TPSA) is 75.6 Å². The maximum Gasteiger partial charge on any atom is 0.155 e. The van der Waals surface area contributed by atoms with E-state index < -0.39 is 11.0 Å². The number of aromatic amines is 1. The molecule has 0 bridgehead atoms. The van der Waals surface area contributed by atoms with Crippen LogP contribution in [0.15, 0.2) is 53.6 Å². The third kappa shape index (κ3) is 3.13. The van der Waals surface area contributed by atoms with Crippen LogP contribution in [-0.4, -0.2) is 24.2 Å². The van der Waals surface area contributed by atoms with Crippen molar-refractivity contribution in [2.45, 2.75) is 11.8 Å². The lowest BCUT2D eigenvalue weighted by Gasteiger charge is -2.09. The SMILES string of the molecule is Cc1nn(C)c(Cl)c1S(=O)Nc1cc(-c2cc3ccccc3s2)c2[nH]ncc2c1. The summed E-state index contributed by atoms with van der Waals surface area (Å²) in [5.74, 6) is 0. The van der Waals surface area contributed by atoms with Gasteiger partial charge in [-0.15, -0.1) is 11.3 Å². The predicted molar refractivity (Wildman–Crippen MR) is 120 cm³/mol. The van der Waals surface area contributed by atoms with E-state index in [4.69, 9.17) is 11.6 Å². The maximum absolute atomic E-state index is 13.0. The van der Waals surface area contributed by atoms with Crippen molar-refractivity contribution in [3.63, 3.8) is 0 Å². The van der Waals surface area contributed by atoms with E-state index in [0.717, 1.165) is 27.0 Å². The molecule has 0 saturated heterocycles. The first kappa shape index (κ1) is 18.4. The second-order valence-electron chi connectivity index (χ2n) is 6.71. The summed E-state index contributed by atoms with van der Waals surface area (Å²) in [6, 6.07) is 14.4. The van der Waals surface area contributed by atoms with Crippen LogP contribution in [0.5, 0.6) is 0 Å². The molecule has 6 nitrogen and oxygen atoms in total. The smallest absolute Gasteiger partial charge is 0.155 e. The number of thiophene rings is 1. The first-order valence-electron chi connectivity index (χ1n) is 8.85. The van der Waals surface area contributed by atoms with Crippen LogP contribution < -0.4 is 4.72 Å². The van der Waals surface area contributed by atoms with Crippen molar-refractivity contribution < 1.29 is 4.21 Å². The van der Waals surface area contributed by atoms with Gasteiger partial charge in [0.15, 0.2) is 11.0 Å².